The number of hydrogen-bond acceptors (Lipinski definition) is 2. The van der Waals surface area contributed by atoms with Crippen molar-refractivity contribution >= 4 is 37.5 Å². The molecule has 0 fully saturated rings. The van der Waals surface area contributed by atoms with E-state index < -0.39 is 0 Å². The number of halogens is 3. The van der Waals surface area contributed by atoms with E-state index in [9.17, 15) is 4.39 Å². The third-order valence-corrected chi connectivity index (χ3v) is 5.38. The standard InChI is InChI=1S/C22H20Br2FNO/c1-14-6-7-15(2)21(8-14)26-12-17-10-19(23)22(20(24)11-17)27-13-16-4-3-5-18(25)9-16/h3-11,26H,12-13H2,1-2H3. The van der Waals surface area contributed by atoms with Gasteiger partial charge in [0, 0.05) is 12.2 Å². The van der Waals surface area contributed by atoms with Crippen LogP contribution >= 0.6 is 31.9 Å². The number of hydrogen-bond donors (Lipinski definition) is 1. The van der Waals surface area contributed by atoms with E-state index in [1.807, 2.05) is 18.2 Å². The summed E-state index contributed by atoms with van der Waals surface area (Å²) >= 11 is 7.16. The van der Waals surface area contributed by atoms with Gasteiger partial charge in [-0.1, -0.05) is 24.3 Å². The van der Waals surface area contributed by atoms with Gasteiger partial charge in [0.1, 0.15) is 18.2 Å². The molecule has 3 rings (SSSR count). The average molecular weight is 493 g/mol. The number of ether oxygens (including phenoxy) is 1. The van der Waals surface area contributed by atoms with E-state index in [-0.39, 0.29) is 5.82 Å². The van der Waals surface area contributed by atoms with Gasteiger partial charge >= 0.3 is 0 Å². The fourth-order valence-electron chi connectivity index (χ4n) is 2.76. The molecule has 0 radical (unpaired) electrons. The molecule has 2 nitrogen and oxygen atoms in total. The maximum absolute atomic E-state index is 13.3. The Morgan fingerprint density at radius 1 is 0.926 bits per heavy atom. The minimum atomic E-state index is -0.262. The van der Waals surface area contributed by atoms with Gasteiger partial charge in [-0.05, 0) is 98.3 Å². The molecule has 0 spiro atoms. The van der Waals surface area contributed by atoms with E-state index in [4.69, 9.17) is 4.74 Å². The van der Waals surface area contributed by atoms with Gasteiger partial charge in [0.2, 0.25) is 0 Å². The number of aryl methyl sites for hydroxylation is 2. The minimum Gasteiger partial charge on any atom is -0.487 e. The summed E-state index contributed by atoms with van der Waals surface area (Å²) in [4.78, 5) is 0. The molecule has 0 aliphatic heterocycles. The Hall–Kier alpha value is -1.85. The third kappa shape index (κ3) is 5.33. The first-order chi connectivity index (χ1) is 12.9. The molecule has 0 aliphatic carbocycles. The van der Waals surface area contributed by atoms with Gasteiger partial charge in [0.15, 0.2) is 0 Å². The number of nitrogens with one attached hydrogen (secondary N) is 1. The van der Waals surface area contributed by atoms with Crippen molar-refractivity contribution < 1.29 is 9.13 Å². The fraction of sp³-hybridized carbons (Fsp3) is 0.182. The van der Waals surface area contributed by atoms with E-state index >= 15 is 0 Å². The topological polar surface area (TPSA) is 21.3 Å². The van der Waals surface area contributed by atoms with Crippen LogP contribution in [0.15, 0.2) is 63.5 Å². The molecule has 0 heterocycles. The zero-order valence-electron chi connectivity index (χ0n) is 15.2. The van der Waals surface area contributed by atoms with Crippen LogP contribution in [0, 0.1) is 19.7 Å². The molecule has 1 N–H and O–H groups in total. The highest BCUT2D eigenvalue weighted by Crippen LogP contribution is 2.35. The van der Waals surface area contributed by atoms with Crippen LogP contribution < -0.4 is 10.1 Å². The number of benzene rings is 3. The first kappa shape index (κ1) is 19.9. The first-order valence-corrected chi connectivity index (χ1v) is 10.2. The Balaban J connectivity index is 1.69. The molecule has 5 heteroatoms. The van der Waals surface area contributed by atoms with Crippen molar-refractivity contribution in [2.24, 2.45) is 0 Å². The maximum atomic E-state index is 13.3. The normalized spacial score (nSPS) is 10.7. The molecule has 0 unspecified atom stereocenters. The SMILES string of the molecule is Cc1ccc(C)c(NCc2cc(Br)c(OCc3cccc(F)c3)c(Br)c2)c1. The van der Waals surface area contributed by atoms with E-state index in [0.717, 1.165) is 25.8 Å². The highest BCUT2D eigenvalue weighted by molar-refractivity contribution is 9.11. The Kier molecular flexibility index (Phi) is 6.55. The molecule has 0 bridgehead atoms. The van der Waals surface area contributed by atoms with Crippen LogP contribution in [0.4, 0.5) is 10.1 Å². The fourth-order valence-corrected chi connectivity index (χ4v) is 4.27. The van der Waals surface area contributed by atoms with Crippen LogP contribution in [-0.4, -0.2) is 0 Å². The summed E-state index contributed by atoms with van der Waals surface area (Å²) in [6.45, 7) is 5.18. The monoisotopic (exact) mass is 491 g/mol. The predicted octanol–water partition coefficient (Wildman–Crippen LogP) is 7.16. The van der Waals surface area contributed by atoms with Gasteiger partial charge in [-0.25, -0.2) is 4.39 Å². The number of anilines is 1. The molecular weight excluding hydrogens is 473 g/mol. The van der Waals surface area contributed by atoms with Crippen LogP contribution in [0.5, 0.6) is 5.75 Å². The largest absolute Gasteiger partial charge is 0.487 e. The summed E-state index contributed by atoms with van der Waals surface area (Å²) < 4.78 is 20.9. The second-order valence-electron chi connectivity index (χ2n) is 6.48. The summed E-state index contributed by atoms with van der Waals surface area (Å²) in [5, 5.41) is 3.48. The molecule has 140 valence electrons. The lowest BCUT2D eigenvalue weighted by atomic mass is 10.1. The van der Waals surface area contributed by atoms with Gasteiger partial charge < -0.3 is 10.1 Å². The highest BCUT2D eigenvalue weighted by atomic mass is 79.9. The average Bonchev–Trinajstić information content (AvgIpc) is 2.62. The van der Waals surface area contributed by atoms with Crippen LogP contribution in [0.2, 0.25) is 0 Å². The zero-order valence-corrected chi connectivity index (χ0v) is 18.3. The van der Waals surface area contributed by atoms with Gasteiger partial charge in [-0.3, -0.25) is 0 Å². The van der Waals surface area contributed by atoms with Gasteiger partial charge in [0.05, 0.1) is 8.95 Å². The van der Waals surface area contributed by atoms with Crippen molar-refractivity contribution in [2.75, 3.05) is 5.32 Å². The van der Waals surface area contributed by atoms with Crippen molar-refractivity contribution in [3.8, 4) is 5.75 Å². The molecule has 0 atom stereocenters. The molecule has 0 saturated carbocycles. The molecule has 0 aliphatic rings. The third-order valence-electron chi connectivity index (χ3n) is 4.21. The lowest BCUT2D eigenvalue weighted by Crippen LogP contribution is -2.03. The van der Waals surface area contributed by atoms with Crippen molar-refractivity contribution in [3.05, 3.63) is 91.6 Å². The van der Waals surface area contributed by atoms with Crippen LogP contribution in [0.1, 0.15) is 22.3 Å². The van der Waals surface area contributed by atoms with E-state index in [1.54, 1.807) is 6.07 Å². The Morgan fingerprint density at radius 2 is 1.67 bits per heavy atom. The van der Waals surface area contributed by atoms with Gasteiger partial charge in [0.25, 0.3) is 0 Å². The Bertz CT molecular complexity index is 936. The number of rotatable bonds is 6. The Morgan fingerprint density at radius 3 is 2.37 bits per heavy atom. The van der Waals surface area contributed by atoms with E-state index in [1.165, 1.54) is 23.3 Å². The highest BCUT2D eigenvalue weighted by Gasteiger charge is 2.10. The second-order valence-corrected chi connectivity index (χ2v) is 8.19. The quantitative estimate of drug-likeness (QED) is 0.394. The second kappa shape index (κ2) is 8.89. The van der Waals surface area contributed by atoms with Crippen molar-refractivity contribution in [3.63, 3.8) is 0 Å². The Labute approximate surface area is 176 Å². The van der Waals surface area contributed by atoms with Crippen LogP contribution in [0.25, 0.3) is 0 Å². The van der Waals surface area contributed by atoms with Crippen molar-refractivity contribution in [1.82, 2.24) is 0 Å². The van der Waals surface area contributed by atoms with Crippen molar-refractivity contribution in [1.29, 1.82) is 0 Å². The first-order valence-electron chi connectivity index (χ1n) is 8.58. The smallest absolute Gasteiger partial charge is 0.148 e. The summed E-state index contributed by atoms with van der Waals surface area (Å²) in [6, 6.07) is 16.9. The van der Waals surface area contributed by atoms with E-state index in [2.05, 4.69) is 69.2 Å². The maximum Gasteiger partial charge on any atom is 0.148 e. The summed E-state index contributed by atoms with van der Waals surface area (Å²) in [5.41, 5.74) is 5.48. The minimum absolute atomic E-state index is 0.262. The van der Waals surface area contributed by atoms with Crippen LogP contribution in [0.3, 0.4) is 0 Å². The lowest BCUT2D eigenvalue weighted by molar-refractivity contribution is 0.301. The van der Waals surface area contributed by atoms with Gasteiger partial charge in [-0.15, -0.1) is 0 Å². The molecule has 0 saturated heterocycles. The molecular formula is C22H20Br2FNO. The molecule has 27 heavy (non-hydrogen) atoms. The summed E-state index contributed by atoms with van der Waals surface area (Å²) in [7, 11) is 0. The molecule has 0 amide bonds. The molecule has 3 aromatic carbocycles. The zero-order chi connectivity index (χ0) is 19.4. The van der Waals surface area contributed by atoms with Gasteiger partial charge in [-0.2, -0.15) is 0 Å². The van der Waals surface area contributed by atoms with E-state index in [0.29, 0.717) is 18.9 Å². The predicted molar refractivity (Wildman–Crippen MR) is 116 cm³/mol. The van der Waals surface area contributed by atoms with Crippen LogP contribution in [-0.2, 0) is 13.2 Å². The lowest BCUT2D eigenvalue weighted by Gasteiger charge is -2.14. The summed E-state index contributed by atoms with van der Waals surface area (Å²) in [6.07, 6.45) is 0. The molecule has 0 aromatic heterocycles. The summed E-state index contributed by atoms with van der Waals surface area (Å²) in [5.74, 6) is 0.442. The molecule has 3 aromatic rings. The van der Waals surface area contributed by atoms with Crippen molar-refractivity contribution in [2.45, 2.75) is 27.0 Å².